The highest BCUT2D eigenvalue weighted by molar-refractivity contribution is 7.13. The molecule has 4 aliphatic rings. The molecule has 2 atom stereocenters. The molecule has 0 saturated carbocycles. The SMILES string of the molecule is c1ccc(-c2ccc(-c3ccc(-c4cc(-c5ccc6c(c5)-n5c7ccccc7c7cccc(c75)C65c6ccccc6-c6c(-c7ccc(-c8cccs8)cc7)cccc65)cc5c4-c4ccccc4C54c5ccccc5-n5c6ccccc6c6cccc4c65)cc3)nn2)cc1. The zero-order valence-corrected chi connectivity index (χ0v) is 51.0. The fourth-order valence-corrected chi connectivity index (χ4v) is 18.2. The molecule has 0 amide bonds. The molecule has 5 heteroatoms. The van der Waals surface area contributed by atoms with Crippen LogP contribution in [0.4, 0.5) is 0 Å². The van der Waals surface area contributed by atoms with E-state index in [1.165, 1.54) is 149 Å². The standard InChI is InChI=1S/C88H52N4S/c1-2-18-55(19-3-1)76-47-48-77(90-89-76)56-41-37-54(38-42-56)67-50-59(51-75-84(67)66-23-5-9-28-69(66)88(75)70-29-10-13-35-80(70)91-78-33-11-6-20-61(78)63-25-16-32-74(88)85(63)91)58-45-46-71-81(52-58)92-79-34-12-7-21-62(79)64-26-15-31-73(86(64)92)87(71)68-27-8-4-22-65(68)83-60(24-14-30-72(83)87)53-39-43-57(44-40-53)82-36-17-49-93-82/h1-52H. The highest BCUT2D eigenvalue weighted by Gasteiger charge is 2.54. The molecular formula is C88H52N4S. The van der Waals surface area contributed by atoms with Gasteiger partial charge in [-0.1, -0.05) is 255 Å². The molecule has 0 bridgehead atoms. The number of hydrogen-bond acceptors (Lipinski definition) is 3. The summed E-state index contributed by atoms with van der Waals surface area (Å²) in [6.45, 7) is 0. The van der Waals surface area contributed by atoms with Gasteiger partial charge in [0.2, 0.25) is 0 Å². The van der Waals surface area contributed by atoms with Gasteiger partial charge in [0.1, 0.15) is 0 Å². The lowest BCUT2D eigenvalue weighted by Crippen LogP contribution is -2.33. The molecule has 2 unspecified atom stereocenters. The fourth-order valence-electron chi connectivity index (χ4n) is 17.5. The van der Waals surface area contributed by atoms with Crippen LogP contribution in [0.25, 0.3) is 144 Å². The maximum Gasteiger partial charge on any atom is 0.0930 e. The fraction of sp³-hybridized carbons (Fsp3) is 0.0227. The van der Waals surface area contributed by atoms with Gasteiger partial charge in [-0.25, -0.2) is 0 Å². The van der Waals surface area contributed by atoms with Gasteiger partial charge in [0.05, 0.1) is 55.7 Å². The Labute approximate surface area is 540 Å². The molecule has 4 aromatic heterocycles. The van der Waals surface area contributed by atoms with E-state index in [4.69, 9.17) is 10.2 Å². The Kier molecular flexibility index (Phi) is 10.4. The van der Waals surface area contributed by atoms with E-state index in [0.29, 0.717) is 0 Å². The third kappa shape index (κ3) is 6.68. The largest absolute Gasteiger partial charge is 0.309 e. The number of rotatable bonds is 6. The van der Waals surface area contributed by atoms with Crippen molar-refractivity contribution in [3.05, 3.63) is 359 Å². The van der Waals surface area contributed by atoms with Gasteiger partial charge in [-0.3, -0.25) is 0 Å². The molecule has 4 nitrogen and oxygen atoms in total. The van der Waals surface area contributed by atoms with E-state index in [0.717, 1.165) is 39.2 Å². The number of thiophene rings is 1. The third-order valence-corrected chi connectivity index (χ3v) is 22.1. The summed E-state index contributed by atoms with van der Waals surface area (Å²) in [6.07, 6.45) is 0. The predicted molar refractivity (Wildman–Crippen MR) is 383 cm³/mol. The summed E-state index contributed by atoms with van der Waals surface area (Å²) in [5.74, 6) is 0. The second-order valence-electron chi connectivity index (χ2n) is 25.4. The van der Waals surface area contributed by atoms with Crippen LogP contribution in [0.5, 0.6) is 0 Å². The summed E-state index contributed by atoms with van der Waals surface area (Å²) in [4.78, 5) is 1.28. The van der Waals surface area contributed by atoms with E-state index in [2.05, 4.69) is 306 Å². The molecule has 13 aromatic carbocycles. The van der Waals surface area contributed by atoms with Crippen molar-refractivity contribution in [1.29, 1.82) is 0 Å². The molecule has 0 saturated heterocycles. The van der Waals surface area contributed by atoms with Crippen LogP contribution in [0.1, 0.15) is 44.5 Å². The van der Waals surface area contributed by atoms with Crippen molar-refractivity contribution in [3.8, 4) is 100.0 Å². The second-order valence-corrected chi connectivity index (χ2v) is 26.4. The molecule has 21 rings (SSSR count). The van der Waals surface area contributed by atoms with Crippen molar-refractivity contribution in [1.82, 2.24) is 19.3 Å². The summed E-state index contributed by atoms with van der Waals surface area (Å²) in [7, 11) is 0. The molecule has 2 aliphatic heterocycles. The summed E-state index contributed by atoms with van der Waals surface area (Å²) in [6, 6.07) is 117. The number of hydrogen-bond donors (Lipinski definition) is 0. The van der Waals surface area contributed by atoms with E-state index in [9.17, 15) is 0 Å². The van der Waals surface area contributed by atoms with Gasteiger partial charge >= 0.3 is 0 Å². The summed E-state index contributed by atoms with van der Waals surface area (Å²) < 4.78 is 5.15. The van der Waals surface area contributed by atoms with Crippen molar-refractivity contribution in [3.63, 3.8) is 0 Å². The highest BCUT2D eigenvalue weighted by Crippen LogP contribution is 2.66. The van der Waals surface area contributed by atoms with Gasteiger partial charge < -0.3 is 9.13 Å². The minimum Gasteiger partial charge on any atom is -0.309 e. The molecule has 0 fully saturated rings. The average molecular weight is 1200 g/mol. The zero-order chi connectivity index (χ0) is 60.7. The van der Waals surface area contributed by atoms with Gasteiger partial charge in [-0.05, 0) is 166 Å². The lowest BCUT2D eigenvalue weighted by Gasteiger charge is -2.40. The molecule has 2 spiro atoms. The summed E-state index contributed by atoms with van der Waals surface area (Å²) in [5, 5.41) is 16.7. The number of fused-ring (bicyclic) bond motifs is 24. The lowest BCUT2D eigenvalue weighted by atomic mass is 9.64. The van der Waals surface area contributed by atoms with Crippen LogP contribution in [-0.4, -0.2) is 19.3 Å². The Bertz CT molecular complexity index is 6030. The molecule has 2 aliphatic carbocycles. The third-order valence-electron chi connectivity index (χ3n) is 21.2. The first-order chi connectivity index (χ1) is 46.1. The number of benzene rings is 13. The Morgan fingerprint density at radius 1 is 0.258 bits per heavy atom. The zero-order valence-electron chi connectivity index (χ0n) is 50.2. The van der Waals surface area contributed by atoms with E-state index in [1.54, 1.807) is 11.3 Å². The van der Waals surface area contributed by atoms with Gasteiger partial charge in [0.15, 0.2) is 0 Å². The average Bonchev–Trinajstić information content (AvgIpc) is 1.53. The van der Waals surface area contributed by atoms with E-state index < -0.39 is 10.8 Å². The number of para-hydroxylation sites is 5. The Morgan fingerprint density at radius 3 is 1.39 bits per heavy atom. The quantitative estimate of drug-likeness (QED) is 0.166. The monoisotopic (exact) mass is 1200 g/mol. The van der Waals surface area contributed by atoms with E-state index in [-0.39, 0.29) is 0 Å². The van der Waals surface area contributed by atoms with Crippen molar-refractivity contribution in [2.75, 3.05) is 0 Å². The molecule has 6 heterocycles. The van der Waals surface area contributed by atoms with Crippen LogP contribution >= 0.6 is 11.3 Å². The van der Waals surface area contributed by atoms with Crippen LogP contribution in [0, 0.1) is 0 Å². The van der Waals surface area contributed by atoms with Crippen LogP contribution in [-0.2, 0) is 10.8 Å². The number of nitrogens with zero attached hydrogens (tertiary/aromatic N) is 4. The van der Waals surface area contributed by atoms with E-state index >= 15 is 0 Å². The van der Waals surface area contributed by atoms with Gasteiger partial charge in [0.25, 0.3) is 0 Å². The van der Waals surface area contributed by atoms with Crippen LogP contribution < -0.4 is 0 Å². The Balaban J connectivity index is 0.834. The molecule has 93 heavy (non-hydrogen) atoms. The molecule has 0 N–H and O–H groups in total. The normalized spacial score (nSPS) is 15.8. The van der Waals surface area contributed by atoms with Crippen molar-refractivity contribution < 1.29 is 0 Å². The van der Waals surface area contributed by atoms with Crippen LogP contribution in [0.3, 0.4) is 0 Å². The first kappa shape index (κ1) is 51.0. The Morgan fingerprint density at radius 2 is 0.731 bits per heavy atom. The second kappa shape index (κ2) is 18.9. The summed E-state index contributed by atoms with van der Waals surface area (Å²) >= 11 is 1.78. The first-order valence-electron chi connectivity index (χ1n) is 32.1. The topological polar surface area (TPSA) is 35.6 Å². The van der Waals surface area contributed by atoms with Crippen molar-refractivity contribution in [2.24, 2.45) is 0 Å². The molecular weight excluding hydrogens is 1150 g/mol. The first-order valence-corrected chi connectivity index (χ1v) is 33.0. The van der Waals surface area contributed by atoms with Gasteiger partial charge in [-0.15, -0.1) is 21.5 Å². The molecule has 17 aromatic rings. The van der Waals surface area contributed by atoms with E-state index in [1.807, 2.05) is 18.2 Å². The van der Waals surface area contributed by atoms with Gasteiger partial charge in [0, 0.05) is 37.5 Å². The molecule has 430 valence electrons. The predicted octanol–water partition coefficient (Wildman–Crippen LogP) is 22.1. The highest BCUT2D eigenvalue weighted by atomic mass is 32.1. The van der Waals surface area contributed by atoms with Crippen LogP contribution in [0.15, 0.2) is 315 Å². The maximum atomic E-state index is 4.80. The van der Waals surface area contributed by atoms with Crippen LogP contribution in [0.2, 0.25) is 0 Å². The van der Waals surface area contributed by atoms with Crippen molar-refractivity contribution in [2.45, 2.75) is 10.8 Å². The maximum absolute atomic E-state index is 4.80. The molecule has 0 radical (unpaired) electrons. The van der Waals surface area contributed by atoms with Crippen molar-refractivity contribution >= 4 is 54.9 Å². The minimum absolute atomic E-state index is 0.650. The lowest BCUT2D eigenvalue weighted by molar-refractivity contribution is 0.748. The minimum atomic E-state index is -0.688. The number of aromatic nitrogens is 4. The summed E-state index contributed by atoms with van der Waals surface area (Å²) in [5.41, 5.74) is 33.4. The smallest absolute Gasteiger partial charge is 0.0930 e. The Hall–Kier alpha value is -11.8. The van der Waals surface area contributed by atoms with Gasteiger partial charge in [-0.2, -0.15) is 0 Å².